The molecule has 0 aliphatic carbocycles. The molecule has 1 aromatic heterocycles. The van der Waals surface area contributed by atoms with Crippen molar-refractivity contribution in [2.24, 2.45) is 0 Å². The molecule has 1 amide bonds. The summed E-state index contributed by atoms with van der Waals surface area (Å²) in [5.74, 6) is 0.607. The highest BCUT2D eigenvalue weighted by molar-refractivity contribution is 6.07. The van der Waals surface area contributed by atoms with E-state index < -0.39 is 0 Å². The number of rotatable bonds is 3. The number of carbonyl (C=O) groups is 1. The number of aromatic nitrogens is 1. The number of benzene rings is 2. The first-order valence-corrected chi connectivity index (χ1v) is 8.80. The first-order valence-electron chi connectivity index (χ1n) is 8.80. The Kier molecular flexibility index (Phi) is 4.31. The minimum Gasteiger partial charge on any atom is -0.340 e. The first kappa shape index (κ1) is 16.8. The van der Waals surface area contributed by atoms with Gasteiger partial charge in [-0.15, -0.1) is 0 Å². The van der Waals surface area contributed by atoms with Crippen LogP contribution in [0.3, 0.4) is 0 Å². The number of carbonyl (C=O) groups excluding carboxylic acids is 1. The molecule has 0 saturated heterocycles. The van der Waals surface area contributed by atoms with Crippen LogP contribution in [0.5, 0.6) is 0 Å². The molecule has 1 N–H and O–H groups in total. The first-order chi connectivity index (χ1) is 13.2. The number of nitriles is 1. The number of para-hydroxylation sites is 1. The normalized spacial score (nSPS) is 15.1. The van der Waals surface area contributed by atoms with Gasteiger partial charge in [-0.1, -0.05) is 18.2 Å². The van der Waals surface area contributed by atoms with Crippen LogP contribution in [0.25, 0.3) is 0 Å². The SMILES string of the molecule is CC1Cc2ccccc2N1C(=O)c1ccc(Nc2ccc(C#N)cc2)nc1. The summed E-state index contributed by atoms with van der Waals surface area (Å²) in [4.78, 5) is 19.2. The summed E-state index contributed by atoms with van der Waals surface area (Å²) in [5.41, 5.74) is 4.18. The zero-order chi connectivity index (χ0) is 18.8. The van der Waals surface area contributed by atoms with Crippen LogP contribution in [-0.2, 0) is 6.42 Å². The van der Waals surface area contributed by atoms with Gasteiger partial charge in [-0.25, -0.2) is 4.98 Å². The van der Waals surface area contributed by atoms with Crippen LogP contribution in [0, 0.1) is 11.3 Å². The van der Waals surface area contributed by atoms with E-state index in [1.807, 2.05) is 35.2 Å². The zero-order valence-electron chi connectivity index (χ0n) is 14.9. The lowest BCUT2D eigenvalue weighted by Crippen LogP contribution is -2.35. The number of pyridine rings is 1. The molecule has 5 nitrogen and oxygen atoms in total. The van der Waals surface area contributed by atoms with Crippen molar-refractivity contribution in [3.8, 4) is 6.07 Å². The van der Waals surface area contributed by atoms with Gasteiger partial charge < -0.3 is 10.2 Å². The molecule has 0 saturated carbocycles. The zero-order valence-corrected chi connectivity index (χ0v) is 14.9. The van der Waals surface area contributed by atoms with Gasteiger partial charge in [0.25, 0.3) is 5.91 Å². The van der Waals surface area contributed by atoms with Crippen molar-refractivity contribution in [1.82, 2.24) is 4.98 Å². The van der Waals surface area contributed by atoms with E-state index in [-0.39, 0.29) is 11.9 Å². The monoisotopic (exact) mass is 354 g/mol. The van der Waals surface area contributed by atoms with Crippen LogP contribution in [0.4, 0.5) is 17.2 Å². The van der Waals surface area contributed by atoms with Crippen molar-refractivity contribution >= 4 is 23.1 Å². The highest BCUT2D eigenvalue weighted by Crippen LogP contribution is 2.33. The van der Waals surface area contributed by atoms with E-state index in [4.69, 9.17) is 5.26 Å². The fraction of sp³-hybridized carbons (Fsp3) is 0.136. The Labute approximate surface area is 157 Å². The number of hydrogen-bond acceptors (Lipinski definition) is 4. The van der Waals surface area contributed by atoms with E-state index in [1.165, 1.54) is 5.56 Å². The Balaban J connectivity index is 1.52. The van der Waals surface area contributed by atoms with Crippen LogP contribution in [0.1, 0.15) is 28.4 Å². The van der Waals surface area contributed by atoms with Crippen molar-refractivity contribution in [2.45, 2.75) is 19.4 Å². The Morgan fingerprint density at radius 1 is 1.15 bits per heavy atom. The van der Waals surface area contributed by atoms with Crippen molar-refractivity contribution in [1.29, 1.82) is 5.26 Å². The van der Waals surface area contributed by atoms with E-state index in [0.29, 0.717) is 16.9 Å². The van der Waals surface area contributed by atoms with Gasteiger partial charge in [0.2, 0.25) is 0 Å². The Hall–Kier alpha value is -3.65. The van der Waals surface area contributed by atoms with Gasteiger partial charge in [0.15, 0.2) is 0 Å². The van der Waals surface area contributed by atoms with E-state index >= 15 is 0 Å². The van der Waals surface area contributed by atoms with Gasteiger partial charge in [0.05, 0.1) is 17.2 Å². The molecule has 132 valence electrons. The highest BCUT2D eigenvalue weighted by atomic mass is 16.2. The molecule has 4 rings (SSSR count). The summed E-state index contributed by atoms with van der Waals surface area (Å²) >= 11 is 0. The van der Waals surface area contributed by atoms with Gasteiger partial charge in [0, 0.05) is 23.6 Å². The number of fused-ring (bicyclic) bond motifs is 1. The third kappa shape index (κ3) is 3.25. The van der Waals surface area contributed by atoms with Crippen molar-refractivity contribution in [2.75, 3.05) is 10.2 Å². The molecule has 3 aromatic rings. The third-order valence-corrected chi connectivity index (χ3v) is 4.72. The largest absolute Gasteiger partial charge is 0.340 e. The minimum absolute atomic E-state index is 0.0372. The fourth-order valence-electron chi connectivity index (χ4n) is 3.38. The van der Waals surface area contributed by atoms with Crippen LogP contribution in [0.2, 0.25) is 0 Å². The maximum absolute atomic E-state index is 13.0. The second-order valence-corrected chi connectivity index (χ2v) is 6.60. The summed E-state index contributed by atoms with van der Waals surface area (Å²) in [7, 11) is 0. The topological polar surface area (TPSA) is 69.0 Å². The van der Waals surface area contributed by atoms with Crippen LogP contribution >= 0.6 is 0 Å². The molecule has 27 heavy (non-hydrogen) atoms. The average molecular weight is 354 g/mol. The molecule has 0 fully saturated rings. The number of hydrogen-bond donors (Lipinski definition) is 1. The van der Waals surface area contributed by atoms with Crippen LogP contribution in [0.15, 0.2) is 66.9 Å². The van der Waals surface area contributed by atoms with Crippen molar-refractivity contribution < 1.29 is 4.79 Å². The minimum atomic E-state index is -0.0372. The molecule has 1 unspecified atom stereocenters. The molecule has 2 aromatic carbocycles. The quantitative estimate of drug-likeness (QED) is 0.762. The molecule has 0 spiro atoms. The number of nitrogens with zero attached hydrogens (tertiary/aromatic N) is 3. The maximum Gasteiger partial charge on any atom is 0.260 e. The van der Waals surface area contributed by atoms with E-state index in [1.54, 1.807) is 30.5 Å². The molecule has 0 bridgehead atoms. The molecule has 1 atom stereocenters. The van der Waals surface area contributed by atoms with Gasteiger partial charge in [0.1, 0.15) is 5.82 Å². The molecule has 5 heteroatoms. The molecule has 2 heterocycles. The van der Waals surface area contributed by atoms with Crippen LogP contribution < -0.4 is 10.2 Å². The Bertz CT molecular complexity index is 1020. The lowest BCUT2D eigenvalue weighted by atomic mass is 10.1. The highest BCUT2D eigenvalue weighted by Gasteiger charge is 2.31. The molecular weight excluding hydrogens is 336 g/mol. The smallest absolute Gasteiger partial charge is 0.260 e. The summed E-state index contributed by atoms with van der Waals surface area (Å²) in [6, 6.07) is 21.0. The predicted molar refractivity (Wildman–Crippen MR) is 105 cm³/mol. The molecule has 0 radical (unpaired) electrons. The standard InChI is InChI=1S/C22H18N4O/c1-15-12-17-4-2-3-5-20(17)26(15)22(27)18-8-11-21(24-14-18)25-19-9-6-16(13-23)7-10-19/h2-11,14-15H,12H2,1H3,(H,24,25). The summed E-state index contributed by atoms with van der Waals surface area (Å²) in [5, 5.41) is 12.0. The van der Waals surface area contributed by atoms with Gasteiger partial charge >= 0.3 is 0 Å². The number of anilines is 3. The number of nitrogens with one attached hydrogen (secondary N) is 1. The maximum atomic E-state index is 13.0. The van der Waals surface area contributed by atoms with Crippen molar-refractivity contribution in [3.05, 3.63) is 83.6 Å². The summed E-state index contributed by atoms with van der Waals surface area (Å²) in [6.07, 6.45) is 2.47. The van der Waals surface area contributed by atoms with Gasteiger partial charge in [-0.05, 0) is 61.4 Å². The van der Waals surface area contributed by atoms with Gasteiger partial charge in [-0.2, -0.15) is 5.26 Å². The number of amides is 1. The second-order valence-electron chi connectivity index (χ2n) is 6.60. The second kappa shape index (κ2) is 6.93. The predicted octanol–water partition coefficient (Wildman–Crippen LogP) is 4.29. The average Bonchev–Trinajstić information content (AvgIpc) is 3.04. The fourth-order valence-corrected chi connectivity index (χ4v) is 3.38. The van der Waals surface area contributed by atoms with Crippen LogP contribution in [-0.4, -0.2) is 16.9 Å². The van der Waals surface area contributed by atoms with E-state index in [2.05, 4.69) is 29.4 Å². The van der Waals surface area contributed by atoms with E-state index in [0.717, 1.165) is 17.8 Å². The lowest BCUT2D eigenvalue weighted by Gasteiger charge is -2.22. The molecule has 1 aliphatic heterocycles. The summed E-state index contributed by atoms with van der Waals surface area (Å²) < 4.78 is 0. The molecule has 1 aliphatic rings. The lowest BCUT2D eigenvalue weighted by molar-refractivity contribution is 0.0981. The summed E-state index contributed by atoms with van der Waals surface area (Å²) in [6.45, 7) is 2.06. The van der Waals surface area contributed by atoms with Crippen molar-refractivity contribution in [3.63, 3.8) is 0 Å². The third-order valence-electron chi connectivity index (χ3n) is 4.72. The molecular formula is C22H18N4O. The Morgan fingerprint density at radius 2 is 1.93 bits per heavy atom. The van der Waals surface area contributed by atoms with Gasteiger partial charge in [-0.3, -0.25) is 4.79 Å². The van der Waals surface area contributed by atoms with E-state index in [9.17, 15) is 4.79 Å². The Morgan fingerprint density at radius 3 is 2.63 bits per heavy atom.